The molecule has 3 rings (SSSR count). The van der Waals surface area contributed by atoms with Crippen LogP contribution in [0.5, 0.6) is 11.5 Å². The molecular weight excluding hydrogens is 570 g/mol. The van der Waals surface area contributed by atoms with Crippen molar-refractivity contribution in [1.29, 1.82) is 0 Å². The predicted octanol–water partition coefficient (Wildman–Crippen LogP) is 5.52. The Labute approximate surface area is 256 Å². The average Bonchev–Trinajstić information content (AvgIpc) is 3.43. The van der Waals surface area contributed by atoms with Gasteiger partial charge < -0.3 is 24.0 Å². The highest BCUT2D eigenvalue weighted by molar-refractivity contribution is 7.11. The van der Waals surface area contributed by atoms with Crippen LogP contribution in [0.2, 0.25) is 0 Å². The topological polar surface area (TPSA) is 111 Å². The van der Waals surface area contributed by atoms with E-state index in [-0.39, 0.29) is 24.0 Å². The van der Waals surface area contributed by atoms with E-state index in [2.05, 4.69) is 0 Å². The Kier molecular flexibility index (Phi) is 13.2. The van der Waals surface area contributed by atoms with Crippen LogP contribution >= 0.6 is 11.3 Å². The zero-order valence-electron chi connectivity index (χ0n) is 25.1. The zero-order chi connectivity index (χ0) is 31.2. The molecule has 0 unspecified atom stereocenters. The van der Waals surface area contributed by atoms with E-state index >= 15 is 0 Å². The second kappa shape index (κ2) is 17.0. The maximum absolute atomic E-state index is 13.8. The smallest absolute Gasteiger partial charge is 0.269 e. The molecule has 0 fully saturated rings. The van der Waals surface area contributed by atoms with Crippen molar-refractivity contribution in [2.75, 3.05) is 47.1 Å². The fourth-order valence-corrected chi connectivity index (χ4v) is 5.27. The summed E-state index contributed by atoms with van der Waals surface area (Å²) >= 11 is 1.64. The van der Waals surface area contributed by atoms with E-state index in [1.54, 1.807) is 48.7 Å². The van der Waals surface area contributed by atoms with Crippen molar-refractivity contribution in [2.45, 2.75) is 33.2 Å². The number of non-ortho nitro benzene ring substituents is 1. The summed E-state index contributed by atoms with van der Waals surface area (Å²) in [5, 5.41) is 10.9. The molecular formula is C32H39N3O7S. The summed E-state index contributed by atoms with van der Waals surface area (Å²) in [4.78, 5) is 43.0. The van der Waals surface area contributed by atoms with Crippen molar-refractivity contribution in [1.82, 2.24) is 9.80 Å². The van der Waals surface area contributed by atoms with E-state index in [1.807, 2.05) is 44.2 Å². The molecule has 0 saturated carbocycles. The normalized spacial score (nSPS) is 11.0. The lowest BCUT2D eigenvalue weighted by Gasteiger charge is -2.27. The molecule has 11 heteroatoms. The van der Waals surface area contributed by atoms with E-state index in [4.69, 9.17) is 14.2 Å². The van der Waals surface area contributed by atoms with Crippen LogP contribution in [0.25, 0.3) is 6.08 Å². The van der Waals surface area contributed by atoms with Gasteiger partial charge in [0.15, 0.2) is 11.5 Å². The van der Waals surface area contributed by atoms with Crippen LogP contribution in [0, 0.1) is 17.0 Å². The number of methoxy groups -OCH3 is 2. The summed E-state index contributed by atoms with van der Waals surface area (Å²) in [6, 6.07) is 15.7. The number of benzene rings is 2. The molecule has 43 heavy (non-hydrogen) atoms. The maximum atomic E-state index is 13.8. The van der Waals surface area contributed by atoms with Gasteiger partial charge in [0, 0.05) is 54.3 Å². The quantitative estimate of drug-likeness (QED) is 0.0857. The van der Waals surface area contributed by atoms with Crippen molar-refractivity contribution >= 4 is 34.9 Å². The second-order valence-corrected chi connectivity index (χ2v) is 11.1. The highest BCUT2D eigenvalue weighted by Gasteiger charge is 2.21. The number of rotatable bonds is 17. The third-order valence-electron chi connectivity index (χ3n) is 6.69. The molecule has 0 radical (unpaired) electrons. The fourth-order valence-electron chi connectivity index (χ4n) is 4.36. The minimum Gasteiger partial charge on any atom is -0.493 e. The minimum absolute atomic E-state index is 0.0271. The number of nitro benzene ring substituents is 1. The van der Waals surface area contributed by atoms with Gasteiger partial charge in [-0.2, -0.15) is 0 Å². The van der Waals surface area contributed by atoms with Gasteiger partial charge in [-0.3, -0.25) is 19.7 Å². The number of carbonyl (C=O) groups is 2. The first-order valence-corrected chi connectivity index (χ1v) is 14.9. The number of hydrogen-bond donors (Lipinski definition) is 0. The van der Waals surface area contributed by atoms with Crippen LogP contribution < -0.4 is 9.47 Å². The lowest BCUT2D eigenvalue weighted by Crippen LogP contribution is -2.43. The Bertz CT molecular complexity index is 1390. The number of carbonyl (C=O) groups excluding carboxylic acids is 2. The summed E-state index contributed by atoms with van der Waals surface area (Å²) < 4.78 is 16.2. The van der Waals surface area contributed by atoms with Gasteiger partial charge in [-0.1, -0.05) is 6.07 Å². The molecule has 0 saturated heterocycles. The van der Waals surface area contributed by atoms with Crippen LogP contribution in [0.3, 0.4) is 0 Å². The maximum Gasteiger partial charge on any atom is 0.269 e. The van der Waals surface area contributed by atoms with Crippen LogP contribution in [0.15, 0.2) is 60.7 Å². The van der Waals surface area contributed by atoms with Gasteiger partial charge in [-0.15, -0.1) is 11.3 Å². The first-order valence-electron chi connectivity index (χ1n) is 14.1. The van der Waals surface area contributed by atoms with Gasteiger partial charge in [0.2, 0.25) is 11.8 Å². The lowest BCUT2D eigenvalue weighted by atomic mass is 10.1. The summed E-state index contributed by atoms with van der Waals surface area (Å²) in [5.74, 6) is 0.768. The van der Waals surface area contributed by atoms with E-state index in [0.29, 0.717) is 62.8 Å². The Hall–Kier alpha value is -4.22. The number of nitro groups is 1. The van der Waals surface area contributed by atoms with Gasteiger partial charge in [-0.25, -0.2) is 0 Å². The highest BCUT2D eigenvalue weighted by Crippen LogP contribution is 2.28. The number of aryl methyl sites for hydroxylation is 1. The third-order valence-corrected chi connectivity index (χ3v) is 7.68. The monoisotopic (exact) mass is 609 g/mol. The molecule has 1 aromatic heterocycles. The van der Waals surface area contributed by atoms with Crippen molar-refractivity contribution in [2.24, 2.45) is 0 Å². The van der Waals surface area contributed by atoms with Gasteiger partial charge in [0.05, 0.1) is 25.7 Å². The van der Waals surface area contributed by atoms with Crippen molar-refractivity contribution in [3.63, 3.8) is 0 Å². The van der Waals surface area contributed by atoms with E-state index in [9.17, 15) is 19.7 Å². The van der Waals surface area contributed by atoms with Crippen molar-refractivity contribution < 1.29 is 28.7 Å². The Balaban J connectivity index is 1.77. The minimum atomic E-state index is -0.473. The Morgan fingerprint density at radius 1 is 0.977 bits per heavy atom. The van der Waals surface area contributed by atoms with E-state index in [1.165, 1.54) is 23.1 Å². The van der Waals surface area contributed by atoms with Crippen LogP contribution in [-0.2, 0) is 27.3 Å². The largest absolute Gasteiger partial charge is 0.493 e. The average molecular weight is 610 g/mol. The molecule has 0 N–H and O–H groups in total. The summed E-state index contributed by atoms with van der Waals surface area (Å²) in [6.45, 7) is 6.11. The van der Waals surface area contributed by atoms with Gasteiger partial charge in [0.1, 0.15) is 6.54 Å². The summed E-state index contributed by atoms with van der Waals surface area (Å²) in [5.41, 5.74) is 1.61. The van der Waals surface area contributed by atoms with E-state index in [0.717, 1.165) is 15.3 Å². The highest BCUT2D eigenvalue weighted by atomic mass is 32.1. The van der Waals surface area contributed by atoms with E-state index < -0.39 is 4.92 Å². The first-order chi connectivity index (χ1) is 20.7. The Morgan fingerprint density at radius 2 is 1.72 bits per heavy atom. The molecule has 0 aliphatic rings. The van der Waals surface area contributed by atoms with Gasteiger partial charge in [0.25, 0.3) is 5.69 Å². The molecule has 3 aromatic rings. The number of amides is 2. The van der Waals surface area contributed by atoms with Gasteiger partial charge >= 0.3 is 0 Å². The number of thiophene rings is 1. The molecule has 0 atom stereocenters. The van der Waals surface area contributed by atoms with Crippen LogP contribution in [-0.4, -0.2) is 73.6 Å². The molecule has 0 bridgehead atoms. The molecule has 2 amide bonds. The molecule has 1 heterocycles. The number of ether oxygens (including phenoxy) is 3. The molecule has 0 spiro atoms. The molecule has 2 aromatic carbocycles. The van der Waals surface area contributed by atoms with Crippen molar-refractivity contribution in [3.8, 4) is 11.5 Å². The standard InChI is InChI=1S/C32H39N3O7S/c1-5-42-20-6-18-33(31(36)16-11-25-8-12-27(13-9-25)35(38)39)23-32(37)34(22-28-14-7-24(2)43-28)19-17-26-10-15-29(40-3)30(21-26)41-4/h7-16,21H,5-6,17-20,22-23H2,1-4H3. The summed E-state index contributed by atoms with van der Waals surface area (Å²) in [6.07, 6.45) is 4.16. The summed E-state index contributed by atoms with van der Waals surface area (Å²) in [7, 11) is 3.17. The van der Waals surface area contributed by atoms with Gasteiger partial charge in [-0.05, 0) is 80.3 Å². The molecule has 0 aliphatic heterocycles. The molecule has 10 nitrogen and oxygen atoms in total. The first kappa shape index (κ1) is 33.3. The predicted molar refractivity (Wildman–Crippen MR) is 168 cm³/mol. The van der Waals surface area contributed by atoms with Crippen LogP contribution in [0.1, 0.15) is 34.2 Å². The zero-order valence-corrected chi connectivity index (χ0v) is 25.9. The SMILES string of the molecule is CCOCCCN(CC(=O)N(CCc1ccc(OC)c(OC)c1)Cc1ccc(C)s1)C(=O)C=Cc1ccc([N+](=O)[O-])cc1. The lowest BCUT2D eigenvalue weighted by molar-refractivity contribution is -0.384. The number of hydrogen-bond acceptors (Lipinski definition) is 8. The molecule has 230 valence electrons. The van der Waals surface area contributed by atoms with Crippen molar-refractivity contribution in [3.05, 3.63) is 91.7 Å². The molecule has 0 aliphatic carbocycles. The second-order valence-electron chi connectivity index (χ2n) is 9.76. The number of nitrogens with zero attached hydrogens (tertiary/aromatic N) is 3. The third kappa shape index (κ3) is 10.5. The Morgan fingerprint density at radius 3 is 2.35 bits per heavy atom. The van der Waals surface area contributed by atoms with Crippen LogP contribution in [0.4, 0.5) is 5.69 Å². The fraction of sp³-hybridized carbons (Fsp3) is 0.375.